The number of nitrogens with one attached hydrogen (secondary N) is 1. The average molecular weight is 243 g/mol. The normalized spacial score (nSPS) is 13.6. The number of carbonyl (C=O) groups excluding carboxylic acids is 2. The molecule has 0 fully saturated rings. The summed E-state index contributed by atoms with van der Waals surface area (Å²) in [4.78, 5) is 23.1. The number of carbonyl (C=O) groups is 2. The van der Waals surface area contributed by atoms with Crippen LogP contribution >= 0.6 is 0 Å². The van der Waals surface area contributed by atoms with Gasteiger partial charge in [0.15, 0.2) is 5.75 Å². The van der Waals surface area contributed by atoms with E-state index in [-0.39, 0.29) is 5.91 Å². The molecule has 0 aromatic heterocycles. The monoisotopic (exact) mass is 243 g/mol. The van der Waals surface area contributed by atoms with Crippen LogP contribution in [0.5, 0.6) is 5.75 Å². The van der Waals surface area contributed by atoms with Crippen LogP contribution in [0.3, 0.4) is 0 Å². The lowest BCUT2D eigenvalue weighted by Crippen LogP contribution is -2.22. The minimum absolute atomic E-state index is 0.249. The Morgan fingerprint density at radius 2 is 2.17 bits per heavy atom. The summed E-state index contributed by atoms with van der Waals surface area (Å²) in [5.41, 5.74) is 2.21. The zero-order valence-electron chi connectivity index (χ0n) is 10.1. The highest BCUT2D eigenvalue weighted by molar-refractivity contribution is 6.07. The fourth-order valence-corrected chi connectivity index (χ4v) is 1.65. The van der Waals surface area contributed by atoms with Gasteiger partial charge in [0.1, 0.15) is 0 Å². The second-order valence-electron chi connectivity index (χ2n) is 4.19. The third-order valence-corrected chi connectivity index (χ3v) is 2.63. The number of hydrogen-bond acceptors (Lipinski definition) is 3. The van der Waals surface area contributed by atoms with Gasteiger partial charge in [0.25, 0.3) is 5.91 Å². The quantitative estimate of drug-likeness (QED) is 0.492. The van der Waals surface area contributed by atoms with Gasteiger partial charge in [-0.05, 0) is 18.6 Å². The molecule has 1 heterocycles. The van der Waals surface area contributed by atoms with E-state index in [4.69, 9.17) is 4.74 Å². The number of anilines is 1. The average Bonchev–Trinajstić information content (AvgIpc) is 2.31. The fourth-order valence-electron chi connectivity index (χ4n) is 1.65. The van der Waals surface area contributed by atoms with E-state index in [0.717, 1.165) is 5.56 Å². The Morgan fingerprint density at radius 1 is 1.44 bits per heavy atom. The van der Waals surface area contributed by atoms with Crippen molar-refractivity contribution in [3.05, 3.63) is 48.1 Å². The van der Waals surface area contributed by atoms with Gasteiger partial charge in [-0.1, -0.05) is 25.3 Å². The zero-order chi connectivity index (χ0) is 13.3. The number of hydrogen-bond donors (Lipinski definition) is 1. The van der Waals surface area contributed by atoms with Crippen molar-refractivity contribution >= 4 is 17.6 Å². The van der Waals surface area contributed by atoms with Crippen molar-refractivity contribution in [1.29, 1.82) is 0 Å². The van der Waals surface area contributed by atoms with Crippen molar-refractivity contribution in [2.45, 2.75) is 13.3 Å². The minimum atomic E-state index is -0.512. The first-order chi connectivity index (χ1) is 8.49. The van der Waals surface area contributed by atoms with Crippen molar-refractivity contribution in [2.24, 2.45) is 0 Å². The van der Waals surface area contributed by atoms with Crippen LogP contribution in [0.2, 0.25) is 0 Å². The van der Waals surface area contributed by atoms with Gasteiger partial charge in [0, 0.05) is 17.6 Å². The van der Waals surface area contributed by atoms with Crippen LogP contribution in [-0.2, 0) is 16.0 Å². The van der Waals surface area contributed by atoms with Gasteiger partial charge < -0.3 is 10.1 Å². The lowest BCUT2D eigenvalue weighted by molar-refractivity contribution is -0.130. The van der Waals surface area contributed by atoms with Crippen molar-refractivity contribution in [1.82, 2.24) is 0 Å². The topological polar surface area (TPSA) is 55.4 Å². The summed E-state index contributed by atoms with van der Waals surface area (Å²) in [6.45, 7) is 8.76. The third-order valence-electron chi connectivity index (χ3n) is 2.63. The maximum Gasteiger partial charge on any atom is 0.338 e. The molecule has 1 amide bonds. The van der Waals surface area contributed by atoms with E-state index in [0.29, 0.717) is 29.0 Å². The number of fused-ring (bicyclic) bond motifs is 1. The van der Waals surface area contributed by atoms with Crippen LogP contribution in [0.1, 0.15) is 12.5 Å². The summed E-state index contributed by atoms with van der Waals surface area (Å²) >= 11 is 0. The second kappa shape index (κ2) is 4.49. The molecule has 0 spiro atoms. The first kappa shape index (κ1) is 12.1. The predicted molar refractivity (Wildman–Crippen MR) is 68.4 cm³/mol. The smallest absolute Gasteiger partial charge is 0.338 e. The van der Waals surface area contributed by atoms with Crippen LogP contribution in [0.4, 0.5) is 5.69 Å². The molecule has 4 nitrogen and oxygen atoms in total. The molecule has 0 radical (unpaired) electrons. The molecule has 0 bridgehead atoms. The molecule has 1 aromatic rings. The van der Waals surface area contributed by atoms with Crippen LogP contribution in [0, 0.1) is 0 Å². The minimum Gasteiger partial charge on any atom is -0.421 e. The molecule has 1 aliphatic rings. The summed E-state index contributed by atoms with van der Waals surface area (Å²) in [6.07, 6.45) is 0.458. The third kappa shape index (κ3) is 2.18. The van der Waals surface area contributed by atoms with Gasteiger partial charge in [-0.2, -0.15) is 0 Å². The van der Waals surface area contributed by atoms with Crippen molar-refractivity contribution in [3.63, 3.8) is 0 Å². The Hall–Kier alpha value is -2.36. The van der Waals surface area contributed by atoms with Crippen LogP contribution in [-0.4, -0.2) is 11.9 Å². The van der Waals surface area contributed by atoms with Crippen LogP contribution in [0.15, 0.2) is 42.5 Å². The highest BCUT2D eigenvalue weighted by atomic mass is 16.5. The number of para-hydroxylation sites is 1. The molecule has 0 unspecified atom stereocenters. The van der Waals surface area contributed by atoms with Crippen molar-refractivity contribution < 1.29 is 14.3 Å². The zero-order valence-corrected chi connectivity index (χ0v) is 10.1. The van der Waals surface area contributed by atoms with Crippen molar-refractivity contribution in [3.8, 4) is 5.75 Å². The molecule has 1 aliphatic heterocycles. The molecule has 18 heavy (non-hydrogen) atoms. The Balaban J connectivity index is 2.36. The first-order valence-electron chi connectivity index (χ1n) is 5.47. The molecule has 0 saturated carbocycles. The molecule has 92 valence electrons. The lowest BCUT2D eigenvalue weighted by Gasteiger charge is -2.20. The second-order valence-corrected chi connectivity index (χ2v) is 4.19. The number of amides is 1. The molecule has 0 aliphatic carbocycles. The van der Waals surface area contributed by atoms with Gasteiger partial charge in [0.05, 0.1) is 5.69 Å². The Kier molecular flexibility index (Phi) is 3.02. The SMILES string of the molecule is C=C(C)C(=O)Oc1cccc2c1NC(=O)C(=C)C2. The first-order valence-corrected chi connectivity index (χ1v) is 5.47. The maximum absolute atomic E-state index is 11.6. The largest absolute Gasteiger partial charge is 0.421 e. The molecule has 0 saturated heterocycles. The van der Waals surface area contributed by atoms with Crippen LogP contribution in [0.25, 0.3) is 0 Å². The molecule has 1 aromatic carbocycles. The summed E-state index contributed by atoms with van der Waals surface area (Å²) in [7, 11) is 0. The van der Waals surface area contributed by atoms with E-state index in [1.54, 1.807) is 19.1 Å². The number of ether oxygens (including phenoxy) is 1. The summed E-state index contributed by atoms with van der Waals surface area (Å²) in [5.74, 6) is -0.426. The van der Waals surface area contributed by atoms with Gasteiger partial charge in [-0.25, -0.2) is 4.79 Å². The van der Waals surface area contributed by atoms with E-state index in [1.165, 1.54) is 0 Å². The molecule has 1 N–H and O–H groups in total. The van der Waals surface area contributed by atoms with Gasteiger partial charge in [-0.3, -0.25) is 4.79 Å². The van der Waals surface area contributed by atoms with Gasteiger partial charge in [-0.15, -0.1) is 0 Å². The highest BCUT2D eigenvalue weighted by Gasteiger charge is 2.22. The van der Waals surface area contributed by atoms with E-state index in [1.807, 2.05) is 6.07 Å². The molecule has 4 heteroatoms. The van der Waals surface area contributed by atoms with Crippen LogP contribution < -0.4 is 10.1 Å². The Bertz CT molecular complexity index is 572. The maximum atomic E-state index is 11.6. The van der Waals surface area contributed by atoms with Crippen molar-refractivity contribution in [2.75, 3.05) is 5.32 Å². The fraction of sp³-hybridized carbons (Fsp3) is 0.143. The molecule has 0 atom stereocenters. The molecular formula is C14H13NO3. The summed E-state index contributed by atoms with van der Waals surface area (Å²) in [6, 6.07) is 5.26. The van der Waals surface area contributed by atoms with Gasteiger partial charge >= 0.3 is 5.97 Å². The number of esters is 1. The van der Waals surface area contributed by atoms with E-state index in [9.17, 15) is 9.59 Å². The Morgan fingerprint density at radius 3 is 2.83 bits per heavy atom. The Labute approximate surface area is 105 Å². The molecular weight excluding hydrogens is 230 g/mol. The van der Waals surface area contributed by atoms with E-state index >= 15 is 0 Å². The van der Waals surface area contributed by atoms with Gasteiger partial charge in [0.2, 0.25) is 0 Å². The highest BCUT2D eigenvalue weighted by Crippen LogP contribution is 2.33. The van der Waals surface area contributed by atoms with E-state index in [2.05, 4.69) is 18.5 Å². The number of rotatable bonds is 2. The summed E-state index contributed by atoms with van der Waals surface area (Å²) < 4.78 is 5.17. The van der Waals surface area contributed by atoms with E-state index < -0.39 is 5.97 Å². The lowest BCUT2D eigenvalue weighted by atomic mass is 9.99. The summed E-state index contributed by atoms with van der Waals surface area (Å²) in [5, 5.41) is 2.68. The molecule has 2 rings (SSSR count). The standard InChI is InChI=1S/C14H13NO3/c1-8(2)14(17)18-11-6-4-5-10-7-9(3)13(16)15-12(10)11/h4-6H,1,3,7H2,2H3,(H,15,16). The predicted octanol–water partition coefficient (Wildman–Crippen LogP) is 2.22. The number of benzene rings is 1.